The van der Waals surface area contributed by atoms with Gasteiger partial charge in [0.25, 0.3) is 0 Å². The maximum atomic E-state index is 13.1. The fourth-order valence-electron chi connectivity index (χ4n) is 2.14. The molecule has 7 heteroatoms. The first-order valence-corrected chi connectivity index (χ1v) is 7.40. The third-order valence-electron chi connectivity index (χ3n) is 3.20. The van der Waals surface area contributed by atoms with Crippen LogP contribution in [0.4, 0.5) is 14.5 Å². The van der Waals surface area contributed by atoms with Gasteiger partial charge in [0.05, 0.1) is 13.2 Å². The number of halogens is 2. The molecular weight excluding hydrogens is 316 g/mol. The third-order valence-corrected chi connectivity index (χ3v) is 3.20. The molecule has 3 rings (SSSR count). The van der Waals surface area contributed by atoms with E-state index < -0.39 is 11.6 Å². The average molecular weight is 331 g/mol. The minimum Gasteiger partial charge on any atom is -0.494 e. The van der Waals surface area contributed by atoms with E-state index in [1.807, 2.05) is 31.2 Å². The summed E-state index contributed by atoms with van der Waals surface area (Å²) in [4.78, 5) is 4.25. The van der Waals surface area contributed by atoms with Crippen molar-refractivity contribution in [3.63, 3.8) is 0 Å². The molecule has 0 spiro atoms. The quantitative estimate of drug-likeness (QED) is 0.739. The molecular formula is C17H15F2N3O2. The van der Waals surface area contributed by atoms with E-state index in [1.165, 1.54) is 12.1 Å². The number of rotatable bonds is 6. The topological polar surface area (TPSA) is 60.2 Å². The summed E-state index contributed by atoms with van der Waals surface area (Å²) in [7, 11) is 0. The number of nitrogens with one attached hydrogen (secondary N) is 1. The van der Waals surface area contributed by atoms with Crippen molar-refractivity contribution in [2.75, 3.05) is 11.9 Å². The molecule has 0 radical (unpaired) electrons. The number of nitrogens with zero attached hydrogens (tertiary/aromatic N) is 2. The van der Waals surface area contributed by atoms with Gasteiger partial charge in [0.1, 0.15) is 17.4 Å². The van der Waals surface area contributed by atoms with Gasteiger partial charge < -0.3 is 14.6 Å². The molecule has 5 nitrogen and oxygen atoms in total. The Morgan fingerprint density at radius 3 is 2.46 bits per heavy atom. The molecule has 0 saturated carbocycles. The summed E-state index contributed by atoms with van der Waals surface area (Å²) in [6, 6.07) is 10.5. The summed E-state index contributed by atoms with van der Waals surface area (Å²) in [6.45, 7) is 2.67. The highest BCUT2D eigenvalue weighted by atomic mass is 19.1. The maximum absolute atomic E-state index is 13.1. The summed E-state index contributed by atoms with van der Waals surface area (Å²) in [6.07, 6.45) is 0. The van der Waals surface area contributed by atoms with Crippen LogP contribution in [-0.2, 0) is 6.54 Å². The number of hydrogen-bond acceptors (Lipinski definition) is 5. The first-order chi connectivity index (χ1) is 11.6. The summed E-state index contributed by atoms with van der Waals surface area (Å²) in [5.74, 6) is 0.194. The normalized spacial score (nSPS) is 10.6. The maximum Gasteiger partial charge on any atom is 0.246 e. The van der Waals surface area contributed by atoms with Gasteiger partial charge in [0.15, 0.2) is 0 Å². The van der Waals surface area contributed by atoms with Crippen molar-refractivity contribution in [1.29, 1.82) is 0 Å². The van der Waals surface area contributed by atoms with Crippen LogP contribution in [0, 0.1) is 11.6 Å². The van der Waals surface area contributed by atoms with E-state index in [1.54, 1.807) is 0 Å². The van der Waals surface area contributed by atoms with Gasteiger partial charge in [-0.1, -0.05) is 5.16 Å². The van der Waals surface area contributed by atoms with E-state index in [0.29, 0.717) is 24.0 Å². The summed E-state index contributed by atoms with van der Waals surface area (Å²) in [5, 5.41) is 6.73. The van der Waals surface area contributed by atoms with E-state index in [-0.39, 0.29) is 6.54 Å². The molecule has 0 amide bonds. The minimum absolute atomic E-state index is 0.160. The molecule has 0 aliphatic heterocycles. The molecule has 0 aliphatic rings. The van der Waals surface area contributed by atoms with Gasteiger partial charge in [-0.15, -0.1) is 0 Å². The van der Waals surface area contributed by atoms with Crippen LogP contribution in [0.25, 0.3) is 11.4 Å². The molecule has 1 aromatic heterocycles. The van der Waals surface area contributed by atoms with Gasteiger partial charge in [0, 0.05) is 17.3 Å². The van der Waals surface area contributed by atoms with Gasteiger partial charge >= 0.3 is 0 Å². The van der Waals surface area contributed by atoms with Crippen molar-refractivity contribution in [2.24, 2.45) is 0 Å². The summed E-state index contributed by atoms with van der Waals surface area (Å²) in [5.41, 5.74) is 1.08. The Morgan fingerprint density at radius 1 is 1.08 bits per heavy atom. The smallest absolute Gasteiger partial charge is 0.246 e. The van der Waals surface area contributed by atoms with Crippen LogP contribution in [0.1, 0.15) is 12.8 Å². The summed E-state index contributed by atoms with van der Waals surface area (Å²) >= 11 is 0. The first-order valence-electron chi connectivity index (χ1n) is 7.40. The Bertz CT molecular complexity index is 799. The molecule has 1 N–H and O–H groups in total. The van der Waals surface area contributed by atoms with Crippen LogP contribution in [0.5, 0.6) is 5.75 Å². The number of anilines is 1. The predicted molar refractivity (Wildman–Crippen MR) is 84.6 cm³/mol. The number of hydrogen-bond donors (Lipinski definition) is 1. The highest BCUT2D eigenvalue weighted by Gasteiger charge is 2.09. The zero-order chi connectivity index (χ0) is 16.9. The Labute approximate surface area is 137 Å². The second kappa shape index (κ2) is 7.08. The van der Waals surface area contributed by atoms with Crippen molar-refractivity contribution in [3.05, 3.63) is 60.0 Å². The van der Waals surface area contributed by atoms with Crippen molar-refractivity contribution >= 4 is 5.69 Å². The van der Waals surface area contributed by atoms with E-state index in [9.17, 15) is 8.78 Å². The largest absolute Gasteiger partial charge is 0.494 e. The van der Waals surface area contributed by atoms with E-state index in [2.05, 4.69) is 15.5 Å². The molecule has 0 aliphatic carbocycles. The van der Waals surface area contributed by atoms with Crippen LogP contribution >= 0.6 is 0 Å². The van der Waals surface area contributed by atoms with E-state index in [4.69, 9.17) is 9.26 Å². The zero-order valence-corrected chi connectivity index (χ0v) is 12.9. The Kier molecular flexibility index (Phi) is 4.69. The number of aromatic nitrogens is 2. The second-order valence-corrected chi connectivity index (χ2v) is 4.98. The Hall–Kier alpha value is -2.96. The molecule has 24 heavy (non-hydrogen) atoms. The second-order valence-electron chi connectivity index (χ2n) is 4.98. The van der Waals surface area contributed by atoms with Crippen LogP contribution in [0.3, 0.4) is 0 Å². The van der Waals surface area contributed by atoms with Gasteiger partial charge in [0.2, 0.25) is 11.7 Å². The number of benzene rings is 2. The molecule has 0 atom stereocenters. The fraction of sp³-hybridized carbons (Fsp3) is 0.176. The zero-order valence-electron chi connectivity index (χ0n) is 12.9. The Morgan fingerprint density at radius 2 is 1.79 bits per heavy atom. The lowest BCUT2D eigenvalue weighted by atomic mass is 10.2. The molecule has 0 fully saturated rings. The molecule has 2 aromatic carbocycles. The molecule has 0 bridgehead atoms. The van der Waals surface area contributed by atoms with Gasteiger partial charge in [-0.05, 0) is 43.3 Å². The predicted octanol–water partition coefficient (Wildman–Crippen LogP) is 4.03. The van der Waals surface area contributed by atoms with Crippen molar-refractivity contribution < 1.29 is 18.0 Å². The van der Waals surface area contributed by atoms with E-state index in [0.717, 1.165) is 17.4 Å². The first kappa shape index (κ1) is 15.9. The van der Waals surface area contributed by atoms with Crippen LogP contribution in [-0.4, -0.2) is 16.7 Å². The van der Waals surface area contributed by atoms with Crippen LogP contribution in [0.15, 0.2) is 47.0 Å². The van der Waals surface area contributed by atoms with Crippen molar-refractivity contribution in [3.8, 4) is 17.1 Å². The molecule has 0 saturated heterocycles. The standard InChI is InChI=1S/C17H15F2N3O2/c1-2-23-15-5-3-11(4-6-15)17-21-16(24-22-17)10-20-14-8-12(18)7-13(19)9-14/h3-9,20H,2,10H2,1H3. The molecule has 3 aromatic rings. The van der Waals surface area contributed by atoms with Gasteiger partial charge in [-0.2, -0.15) is 4.98 Å². The number of ether oxygens (including phenoxy) is 1. The SMILES string of the molecule is CCOc1ccc(-c2noc(CNc3cc(F)cc(F)c3)n2)cc1. The lowest BCUT2D eigenvalue weighted by Gasteiger charge is -2.03. The minimum atomic E-state index is -0.655. The molecule has 124 valence electrons. The highest BCUT2D eigenvalue weighted by Crippen LogP contribution is 2.20. The lowest BCUT2D eigenvalue weighted by Crippen LogP contribution is -2.00. The van der Waals surface area contributed by atoms with Crippen LogP contribution < -0.4 is 10.1 Å². The van der Waals surface area contributed by atoms with E-state index >= 15 is 0 Å². The van der Waals surface area contributed by atoms with Crippen molar-refractivity contribution in [2.45, 2.75) is 13.5 Å². The lowest BCUT2D eigenvalue weighted by molar-refractivity contribution is 0.340. The van der Waals surface area contributed by atoms with Crippen LogP contribution in [0.2, 0.25) is 0 Å². The Balaban J connectivity index is 1.66. The third kappa shape index (κ3) is 3.87. The monoisotopic (exact) mass is 331 g/mol. The average Bonchev–Trinajstić information content (AvgIpc) is 3.02. The van der Waals surface area contributed by atoms with Gasteiger partial charge in [-0.25, -0.2) is 8.78 Å². The van der Waals surface area contributed by atoms with Crippen molar-refractivity contribution in [1.82, 2.24) is 10.1 Å². The summed E-state index contributed by atoms with van der Waals surface area (Å²) < 4.78 is 36.8. The highest BCUT2D eigenvalue weighted by molar-refractivity contribution is 5.55. The molecule has 0 unspecified atom stereocenters. The van der Waals surface area contributed by atoms with Gasteiger partial charge in [-0.3, -0.25) is 0 Å². The molecule has 1 heterocycles. The fourth-order valence-corrected chi connectivity index (χ4v) is 2.14.